The molecule has 0 spiro atoms. The van der Waals surface area contributed by atoms with E-state index in [1.807, 2.05) is 31.2 Å². The first-order valence-corrected chi connectivity index (χ1v) is 10.6. The number of hydrogen-bond acceptors (Lipinski definition) is 2. The summed E-state index contributed by atoms with van der Waals surface area (Å²) in [6, 6.07) is 13.5. The molecule has 0 heterocycles. The molecular formula is C26H24F6N2O. The summed E-state index contributed by atoms with van der Waals surface area (Å²) in [7, 11) is 1.42. The van der Waals surface area contributed by atoms with E-state index in [1.165, 1.54) is 25.8 Å². The van der Waals surface area contributed by atoms with Crippen LogP contribution in [-0.2, 0) is 22.6 Å². The van der Waals surface area contributed by atoms with Crippen LogP contribution in [0.15, 0.2) is 60.7 Å². The molecule has 35 heavy (non-hydrogen) atoms. The summed E-state index contributed by atoms with van der Waals surface area (Å²) in [6.07, 6.45) is -10.0. The van der Waals surface area contributed by atoms with Crippen molar-refractivity contribution in [2.45, 2.75) is 38.5 Å². The van der Waals surface area contributed by atoms with Gasteiger partial charge in [0.1, 0.15) is 0 Å². The number of amides is 1. The fourth-order valence-electron chi connectivity index (χ4n) is 3.90. The van der Waals surface area contributed by atoms with Crippen LogP contribution < -0.4 is 10.6 Å². The molecule has 0 saturated carbocycles. The lowest BCUT2D eigenvalue weighted by molar-refractivity contribution is -0.143. The molecule has 0 saturated heterocycles. The molecule has 0 aliphatic rings. The molecule has 0 unspecified atom stereocenters. The maximum atomic E-state index is 13.6. The Hall–Kier alpha value is -3.49. The number of likely N-dealkylation sites (N-methyl/N-ethyl adjacent to an activating group) is 1. The van der Waals surface area contributed by atoms with E-state index in [2.05, 4.69) is 0 Å². The zero-order chi connectivity index (χ0) is 26.3. The van der Waals surface area contributed by atoms with Gasteiger partial charge < -0.3 is 10.6 Å². The van der Waals surface area contributed by atoms with E-state index in [-0.39, 0.29) is 6.07 Å². The lowest BCUT2D eigenvalue weighted by Crippen LogP contribution is -2.42. The number of nitrogen functional groups attached to an aromatic ring is 1. The SMILES string of the molecule is Cc1ccccc1-c1ccc(N)cc1N(C)C(=O)C(C)(C)c1cc(C(F)(F)F)cc(C(F)(F)F)c1. The maximum Gasteiger partial charge on any atom is 0.416 e. The van der Waals surface area contributed by atoms with Crippen LogP contribution in [0.5, 0.6) is 0 Å². The average Bonchev–Trinajstić information content (AvgIpc) is 2.77. The summed E-state index contributed by atoms with van der Waals surface area (Å²) in [6.45, 7) is 4.46. The predicted octanol–water partition coefficient (Wildman–Crippen LogP) is 7.22. The van der Waals surface area contributed by atoms with Crippen LogP contribution in [0, 0.1) is 6.92 Å². The van der Waals surface area contributed by atoms with Gasteiger partial charge in [-0.25, -0.2) is 0 Å². The van der Waals surface area contributed by atoms with Crippen molar-refractivity contribution in [1.29, 1.82) is 0 Å². The van der Waals surface area contributed by atoms with Crippen LogP contribution in [0.3, 0.4) is 0 Å². The van der Waals surface area contributed by atoms with Crippen molar-refractivity contribution in [3.8, 4) is 11.1 Å². The first kappa shape index (κ1) is 26.1. The number of carbonyl (C=O) groups excluding carboxylic acids is 1. The number of nitrogens with two attached hydrogens (primary N) is 1. The van der Waals surface area contributed by atoms with E-state index in [0.717, 1.165) is 11.1 Å². The molecule has 0 atom stereocenters. The van der Waals surface area contributed by atoms with Crippen molar-refractivity contribution in [1.82, 2.24) is 0 Å². The normalized spacial score (nSPS) is 12.5. The Kier molecular flexibility index (Phi) is 6.67. The van der Waals surface area contributed by atoms with Crippen LogP contribution in [0.4, 0.5) is 37.7 Å². The molecule has 3 aromatic rings. The van der Waals surface area contributed by atoms with Crippen LogP contribution in [0.2, 0.25) is 0 Å². The minimum absolute atomic E-state index is 0.0436. The van der Waals surface area contributed by atoms with E-state index in [9.17, 15) is 31.1 Å². The number of nitrogens with zero attached hydrogens (tertiary/aromatic N) is 1. The highest BCUT2D eigenvalue weighted by atomic mass is 19.4. The summed E-state index contributed by atoms with van der Waals surface area (Å²) < 4.78 is 80.4. The number of anilines is 2. The highest BCUT2D eigenvalue weighted by Gasteiger charge is 2.41. The van der Waals surface area contributed by atoms with Gasteiger partial charge in [0.05, 0.1) is 22.2 Å². The molecule has 2 N–H and O–H groups in total. The van der Waals surface area contributed by atoms with Crippen LogP contribution in [0.1, 0.15) is 36.1 Å². The Bertz CT molecular complexity index is 1230. The van der Waals surface area contributed by atoms with Gasteiger partial charge in [0, 0.05) is 18.3 Å². The quantitative estimate of drug-likeness (QED) is 0.307. The highest BCUT2D eigenvalue weighted by molar-refractivity contribution is 6.03. The van der Waals surface area contributed by atoms with E-state index < -0.39 is 40.4 Å². The monoisotopic (exact) mass is 494 g/mol. The Morgan fingerprint density at radius 1 is 0.771 bits per heavy atom. The molecule has 0 aliphatic heterocycles. The van der Waals surface area contributed by atoms with Crippen LogP contribution in [-0.4, -0.2) is 13.0 Å². The first-order valence-electron chi connectivity index (χ1n) is 10.6. The van der Waals surface area contributed by atoms with Gasteiger partial charge in [-0.05, 0) is 67.8 Å². The van der Waals surface area contributed by atoms with Gasteiger partial charge in [-0.2, -0.15) is 26.3 Å². The Balaban J connectivity index is 2.14. The summed E-state index contributed by atoms with van der Waals surface area (Å²) >= 11 is 0. The minimum Gasteiger partial charge on any atom is -0.399 e. The molecule has 3 nitrogen and oxygen atoms in total. The summed E-state index contributed by atoms with van der Waals surface area (Å²) in [5, 5.41) is 0. The molecule has 3 rings (SSSR count). The van der Waals surface area contributed by atoms with Crippen molar-refractivity contribution in [3.63, 3.8) is 0 Å². The number of halogens is 6. The molecule has 1 amide bonds. The molecule has 0 aliphatic carbocycles. The van der Waals surface area contributed by atoms with Gasteiger partial charge in [0.2, 0.25) is 5.91 Å². The average molecular weight is 494 g/mol. The fraction of sp³-hybridized carbons (Fsp3) is 0.269. The van der Waals surface area contributed by atoms with Crippen molar-refractivity contribution in [2.75, 3.05) is 17.7 Å². The van der Waals surface area contributed by atoms with Gasteiger partial charge in [-0.15, -0.1) is 0 Å². The maximum absolute atomic E-state index is 13.6. The van der Waals surface area contributed by atoms with Crippen molar-refractivity contribution >= 4 is 17.3 Å². The van der Waals surface area contributed by atoms with Crippen LogP contribution in [0.25, 0.3) is 11.1 Å². The Labute approximate surface area is 199 Å². The third-order valence-corrected chi connectivity index (χ3v) is 5.97. The fourth-order valence-corrected chi connectivity index (χ4v) is 3.90. The number of hydrogen-bond donors (Lipinski definition) is 1. The zero-order valence-electron chi connectivity index (χ0n) is 19.5. The second kappa shape index (κ2) is 8.94. The van der Waals surface area contributed by atoms with Gasteiger partial charge in [-0.1, -0.05) is 30.3 Å². The third-order valence-electron chi connectivity index (χ3n) is 5.97. The van der Waals surface area contributed by atoms with Crippen molar-refractivity contribution in [2.24, 2.45) is 0 Å². The summed E-state index contributed by atoms with van der Waals surface area (Å²) in [5.41, 5.74) is 3.93. The first-order chi connectivity index (χ1) is 16.0. The Morgan fingerprint density at radius 3 is 1.80 bits per heavy atom. The van der Waals surface area contributed by atoms with E-state index in [1.54, 1.807) is 18.2 Å². The van der Waals surface area contributed by atoms with Crippen LogP contribution >= 0.6 is 0 Å². The largest absolute Gasteiger partial charge is 0.416 e. The topological polar surface area (TPSA) is 46.3 Å². The molecular weight excluding hydrogens is 470 g/mol. The number of benzene rings is 3. The van der Waals surface area contributed by atoms with E-state index >= 15 is 0 Å². The lowest BCUT2D eigenvalue weighted by atomic mass is 9.81. The molecule has 9 heteroatoms. The molecule has 0 aromatic heterocycles. The zero-order valence-corrected chi connectivity index (χ0v) is 19.5. The molecule has 186 valence electrons. The van der Waals surface area contributed by atoms with Gasteiger partial charge in [0.15, 0.2) is 0 Å². The second-order valence-corrected chi connectivity index (χ2v) is 8.88. The molecule has 0 bridgehead atoms. The number of alkyl halides is 6. The molecule has 0 fully saturated rings. The second-order valence-electron chi connectivity index (χ2n) is 8.88. The summed E-state index contributed by atoms with van der Waals surface area (Å²) in [4.78, 5) is 14.8. The lowest BCUT2D eigenvalue weighted by Gasteiger charge is -2.32. The van der Waals surface area contributed by atoms with Gasteiger partial charge >= 0.3 is 12.4 Å². The summed E-state index contributed by atoms with van der Waals surface area (Å²) in [5.74, 6) is -0.703. The minimum atomic E-state index is -5.02. The number of carbonyl (C=O) groups is 1. The number of aryl methyl sites for hydroxylation is 1. The molecule has 0 radical (unpaired) electrons. The van der Waals surface area contributed by atoms with E-state index in [0.29, 0.717) is 29.1 Å². The standard InChI is InChI=1S/C26H24F6N2O/c1-15-7-5-6-8-20(15)21-10-9-19(33)14-22(21)34(4)23(35)24(2,3)16-11-17(25(27,28)29)13-18(12-16)26(30,31)32/h5-14H,33H2,1-4H3. The highest BCUT2D eigenvalue weighted by Crippen LogP contribution is 2.41. The smallest absolute Gasteiger partial charge is 0.399 e. The van der Waals surface area contributed by atoms with Crippen molar-refractivity contribution < 1.29 is 31.1 Å². The Morgan fingerprint density at radius 2 is 1.29 bits per heavy atom. The van der Waals surface area contributed by atoms with E-state index in [4.69, 9.17) is 5.73 Å². The molecule has 3 aromatic carbocycles. The van der Waals surface area contributed by atoms with Crippen molar-refractivity contribution in [3.05, 3.63) is 82.9 Å². The van der Waals surface area contributed by atoms with Gasteiger partial charge in [-0.3, -0.25) is 4.79 Å². The third kappa shape index (κ3) is 5.28. The number of rotatable bonds is 4. The predicted molar refractivity (Wildman–Crippen MR) is 124 cm³/mol. The van der Waals surface area contributed by atoms with Gasteiger partial charge in [0.25, 0.3) is 0 Å².